The van der Waals surface area contributed by atoms with Crippen LogP contribution in [0, 0.1) is 0 Å². The van der Waals surface area contributed by atoms with Crippen molar-refractivity contribution in [3.05, 3.63) is 47.2 Å². The molecule has 0 fully saturated rings. The topological polar surface area (TPSA) is 109 Å². The van der Waals surface area contributed by atoms with Crippen LogP contribution in [-0.4, -0.2) is 28.9 Å². The predicted molar refractivity (Wildman–Crippen MR) is 86.6 cm³/mol. The van der Waals surface area contributed by atoms with E-state index in [1.807, 2.05) is 0 Å². The van der Waals surface area contributed by atoms with Crippen LogP contribution in [0.1, 0.15) is 10.4 Å². The van der Waals surface area contributed by atoms with E-state index in [1.54, 1.807) is 6.07 Å². The molecule has 2 heterocycles. The first-order chi connectivity index (χ1) is 10.9. The molecule has 0 spiro atoms. The Labute approximate surface area is 139 Å². The number of aromatic carboxylic acids is 1. The largest absolute Gasteiger partial charge is 0.478 e. The third kappa shape index (κ3) is 2.98. The number of nitrogens with zero attached hydrogens (tertiary/aromatic N) is 2. The van der Waals surface area contributed by atoms with Crippen molar-refractivity contribution < 1.29 is 18.3 Å². The molecule has 2 N–H and O–H groups in total. The number of anilines is 1. The number of carbonyl (C=O) groups is 1. The SMILES string of the molecule is O=C(O)c1cc(Cl)ccc1NS(=O)(=O)c1nccc2sncc12. The first-order valence-corrected chi connectivity index (χ1v) is 8.77. The molecule has 1 aromatic carbocycles. The Hall–Kier alpha value is -2.23. The first-order valence-electron chi connectivity index (χ1n) is 6.13. The standard InChI is InChI=1S/C13H8ClN3O4S2/c14-7-1-2-10(8(5-7)13(18)19)17-23(20,21)12-9-6-16-22-11(9)3-4-15-12/h1-6,17H,(H,18,19). The lowest BCUT2D eigenvalue weighted by Gasteiger charge is -2.10. The number of hydrogen-bond donors (Lipinski definition) is 2. The molecule has 0 aliphatic rings. The number of hydrogen-bond acceptors (Lipinski definition) is 6. The Morgan fingerprint density at radius 3 is 2.83 bits per heavy atom. The number of carboxylic acids is 1. The third-order valence-corrected chi connectivity index (χ3v) is 5.28. The molecular weight excluding hydrogens is 362 g/mol. The second-order valence-electron chi connectivity index (χ2n) is 4.45. The fourth-order valence-electron chi connectivity index (χ4n) is 1.96. The maximum Gasteiger partial charge on any atom is 0.337 e. The Morgan fingerprint density at radius 2 is 2.09 bits per heavy atom. The van der Waals surface area contributed by atoms with Crippen molar-refractivity contribution >= 4 is 54.9 Å². The lowest BCUT2D eigenvalue weighted by atomic mass is 10.2. The minimum atomic E-state index is -4.08. The molecule has 0 amide bonds. The van der Waals surface area contributed by atoms with Gasteiger partial charge in [-0.3, -0.25) is 4.72 Å². The number of fused-ring (bicyclic) bond motifs is 1. The highest BCUT2D eigenvalue weighted by atomic mass is 35.5. The van der Waals surface area contributed by atoms with Gasteiger partial charge in [0.05, 0.1) is 27.5 Å². The minimum Gasteiger partial charge on any atom is -0.478 e. The summed E-state index contributed by atoms with van der Waals surface area (Å²) in [5, 5.41) is 9.52. The predicted octanol–water partition coefficient (Wildman–Crippen LogP) is 2.84. The maximum absolute atomic E-state index is 12.6. The number of halogens is 1. The van der Waals surface area contributed by atoms with Gasteiger partial charge in [0, 0.05) is 11.2 Å². The van der Waals surface area contributed by atoms with Crippen molar-refractivity contribution in [2.45, 2.75) is 5.03 Å². The zero-order chi connectivity index (χ0) is 16.6. The lowest BCUT2D eigenvalue weighted by molar-refractivity contribution is 0.0698. The van der Waals surface area contributed by atoms with Crippen molar-refractivity contribution in [1.82, 2.24) is 9.36 Å². The van der Waals surface area contributed by atoms with Crippen LogP contribution in [0.15, 0.2) is 41.7 Å². The number of benzene rings is 1. The zero-order valence-electron chi connectivity index (χ0n) is 11.2. The van der Waals surface area contributed by atoms with Gasteiger partial charge in [-0.2, -0.15) is 12.8 Å². The summed E-state index contributed by atoms with van der Waals surface area (Å²) in [7, 11) is -4.08. The minimum absolute atomic E-state index is 0.0936. The number of aromatic nitrogens is 2. The maximum atomic E-state index is 12.6. The van der Waals surface area contributed by atoms with E-state index in [4.69, 9.17) is 11.6 Å². The van der Waals surface area contributed by atoms with E-state index in [0.29, 0.717) is 10.1 Å². The Morgan fingerprint density at radius 1 is 1.30 bits per heavy atom. The summed E-state index contributed by atoms with van der Waals surface area (Å²) in [6.45, 7) is 0. The van der Waals surface area contributed by atoms with Gasteiger partial charge in [0.2, 0.25) is 0 Å². The number of sulfonamides is 1. The molecule has 7 nitrogen and oxygen atoms in total. The third-order valence-electron chi connectivity index (χ3n) is 2.96. The summed E-state index contributed by atoms with van der Waals surface area (Å²) in [6.07, 6.45) is 2.76. The van der Waals surface area contributed by atoms with Gasteiger partial charge in [-0.15, -0.1) is 0 Å². The van der Waals surface area contributed by atoms with E-state index in [1.165, 1.54) is 30.6 Å². The van der Waals surface area contributed by atoms with Crippen LogP contribution in [-0.2, 0) is 10.0 Å². The number of pyridine rings is 1. The summed E-state index contributed by atoms with van der Waals surface area (Å²) in [6, 6.07) is 5.50. The summed E-state index contributed by atoms with van der Waals surface area (Å²) < 4.78 is 31.9. The van der Waals surface area contributed by atoms with E-state index in [9.17, 15) is 18.3 Å². The molecule has 0 bridgehead atoms. The van der Waals surface area contributed by atoms with Crippen molar-refractivity contribution in [2.75, 3.05) is 4.72 Å². The average Bonchev–Trinajstić information content (AvgIpc) is 2.96. The van der Waals surface area contributed by atoms with Crippen molar-refractivity contribution in [1.29, 1.82) is 0 Å². The molecular formula is C13H8ClN3O4S2. The summed E-state index contributed by atoms with van der Waals surface area (Å²) in [5.41, 5.74) is -0.347. The second kappa shape index (κ2) is 5.76. The van der Waals surface area contributed by atoms with Crippen LogP contribution in [0.4, 0.5) is 5.69 Å². The first kappa shape index (κ1) is 15.7. The van der Waals surface area contributed by atoms with E-state index in [-0.39, 0.29) is 21.3 Å². The van der Waals surface area contributed by atoms with Crippen LogP contribution in [0.25, 0.3) is 10.1 Å². The molecule has 0 radical (unpaired) electrons. The summed E-state index contributed by atoms with van der Waals surface area (Å²) in [5.74, 6) is -1.30. The highest BCUT2D eigenvalue weighted by Crippen LogP contribution is 2.27. The van der Waals surface area contributed by atoms with E-state index >= 15 is 0 Å². The molecule has 118 valence electrons. The normalized spacial score (nSPS) is 11.5. The summed E-state index contributed by atoms with van der Waals surface area (Å²) in [4.78, 5) is 15.1. The highest BCUT2D eigenvalue weighted by Gasteiger charge is 2.23. The van der Waals surface area contributed by atoms with Gasteiger partial charge in [-0.25, -0.2) is 9.78 Å². The van der Waals surface area contributed by atoms with E-state index < -0.39 is 16.0 Å². The van der Waals surface area contributed by atoms with Crippen molar-refractivity contribution in [3.8, 4) is 0 Å². The second-order valence-corrected chi connectivity index (χ2v) is 7.32. The monoisotopic (exact) mass is 369 g/mol. The molecule has 0 saturated heterocycles. The molecule has 0 saturated carbocycles. The summed E-state index contributed by atoms with van der Waals surface area (Å²) >= 11 is 6.89. The van der Waals surface area contributed by atoms with Crippen molar-refractivity contribution in [2.24, 2.45) is 0 Å². The molecule has 0 unspecified atom stereocenters. The molecule has 0 aliphatic heterocycles. The molecule has 3 rings (SSSR count). The smallest absolute Gasteiger partial charge is 0.337 e. The van der Waals surface area contributed by atoms with Crippen molar-refractivity contribution in [3.63, 3.8) is 0 Å². The quantitative estimate of drug-likeness (QED) is 0.731. The van der Waals surface area contributed by atoms with Gasteiger partial charge in [0.15, 0.2) is 5.03 Å². The van der Waals surface area contributed by atoms with Gasteiger partial charge in [-0.1, -0.05) is 11.6 Å². The number of rotatable bonds is 4. The zero-order valence-corrected chi connectivity index (χ0v) is 13.6. The molecule has 0 aliphatic carbocycles. The Bertz CT molecular complexity index is 1020. The Balaban J connectivity index is 2.09. The van der Waals surface area contributed by atoms with Gasteiger partial charge >= 0.3 is 5.97 Å². The van der Waals surface area contributed by atoms with Gasteiger partial charge in [0.25, 0.3) is 10.0 Å². The molecule has 0 atom stereocenters. The van der Waals surface area contributed by atoms with E-state index in [0.717, 1.165) is 11.5 Å². The van der Waals surface area contributed by atoms with E-state index in [2.05, 4.69) is 14.1 Å². The van der Waals surface area contributed by atoms with Crippen LogP contribution >= 0.6 is 23.1 Å². The van der Waals surface area contributed by atoms with Crippen LogP contribution in [0.5, 0.6) is 0 Å². The van der Waals surface area contributed by atoms with Gasteiger partial charge < -0.3 is 5.11 Å². The average molecular weight is 370 g/mol. The lowest BCUT2D eigenvalue weighted by Crippen LogP contribution is -2.17. The highest BCUT2D eigenvalue weighted by molar-refractivity contribution is 7.92. The number of carboxylic acid groups (broad SMARTS) is 1. The number of nitrogens with one attached hydrogen (secondary N) is 1. The molecule has 3 aromatic rings. The van der Waals surface area contributed by atoms with Crippen LogP contribution < -0.4 is 4.72 Å². The van der Waals surface area contributed by atoms with Gasteiger partial charge in [0.1, 0.15) is 0 Å². The molecule has 10 heteroatoms. The fourth-order valence-corrected chi connectivity index (χ4v) is 4.06. The van der Waals surface area contributed by atoms with Crippen LogP contribution in [0.2, 0.25) is 5.02 Å². The molecule has 2 aromatic heterocycles. The fraction of sp³-hybridized carbons (Fsp3) is 0. The van der Waals surface area contributed by atoms with Crippen LogP contribution in [0.3, 0.4) is 0 Å². The van der Waals surface area contributed by atoms with Gasteiger partial charge in [-0.05, 0) is 35.8 Å². The molecule has 23 heavy (non-hydrogen) atoms. The Kier molecular flexibility index (Phi) is 3.92.